The average Bonchev–Trinajstić information content (AvgIpc) is 2.60. The van der Waals surface area contributed by atoms with Crippen LogP contribution in [0, 0.1) is 0 Å². The smallest absolute Gasteiger partial charge is 0.163 e. The van der Waals surface area contributed by atoms with Crippen LogP contribution in [0.4, 0.5) is 0 Å². The Morgan fingerprint density at radius 2 is 1.70 bits per heavy atom. The molecule has 0 bridgehead atoms. The quantitative estimate of drug-likeness (QED) is 0.811. The first kappa shape index (κ1) is 17.2. The van der Waals surface area contributed by atoms with Crippen LogP contribution in [0.15, 0.2) is 42.5 Å². The highest BCUT2D eigenvalue weighted by Gasteiger charge is 2.18. The molecule has 0 aliphatic rings. The molecule has 124 valence electrons. The fourth-order valence-corrected chi connectivity index (χ4v) is 2.81. The Labute approximate surface area is 138 Å². The SMILES string of the molecule is CCOc1cccc(CC(CN)c2ccccc2OC)c1OC. The van der Waals surface area contributed by atoms with Crippen LogP contribution in [0.5, 0.6) is 17.2 Å². The molecule has 23 heavy (non-hydrogen) atoms. The van der Waals surface area contributed by atoms with Crippen LogP contribution in [-0.2, 0) is 6.42 Å². The van der Waals surface area contributed by atoms with Crippen LogP contribution in [0.1, 0.15) is 24.0 Å². The van der Waals surface area contributed by atoms with Gasteiger partial charge in [-0.25, -0.2) is 0 Å². The molecule has 1 atom stereocenters. The van der Waals surface area contributed by atoms with Gasteiger partial charge in [0.2, 0.25) is 0 Å². The molecular weight excluding hydrogens is 290 g/mol. The molecule has 4 heteroatoms. The number of nitrogens with two attached hydrogens (primary N) is 1. The molecule has 1 unspecified atom stereocenters. The third-order valence-corrected chi connectivity index (χ3v) is 3.89. The van der Waals surface area contributed by atoms with Crippen LogP contribution in [-0.4, -0.2) is 27.4 Å². The van der Waals surface area contributed by atoms with Gasteiger partial charge in [0.05, 0.1) is 20.8 Å². The molecule has 0 aliphatic carbocycles. The van der Waals surface area contributed by atoms with Crippen molar-refractivity contribution < 1.29 is 14.2 Å². The lowest BCUT2D eigenvalue weighted by Gasteiger charge is -2.20. The average molecular weight is 315 g/mol. The minimum absolute atomic E-state index is 0.150. The minimum atomic E-state index is 0.150. The van der Waals surface area contributed by atoms with Crippen LogP contribution in [0.25, 0.3) is 0 Å². The Morgan fingerprint density at radius 1 is 0.957 bits per heavy atom. The molecule has 0 saturated carbocycles. The largest absolute Gasteiger partial charge is 0.496 e. The van der Waals surface area contributed by atoms with Gasteiger partial charge in [0.25, 0.3) is 0 Å². The molecule has 0 aliphatic heterocycles. The van der Waals surface area contributed by atoms with E-state index in [2.05, 4.69) is 12.1 Å². The van der Waals surface area contributed by atoms with Crippen LogP contribution in [0.2, 0.25) is 0 Å². The van der Waals surface area contributed by atoms with Crippen molar-refractivity contribution in [1.29, 1.82) is 0 Å². The third-order valence-electron chi connectivity index (χ3n) is 3.89. The standard InChI is InChI=1S/C19H25NO3/c1-4-23-18-11-7-8-14(19(18)22-3)12-15(13-20)16-9-5-6-10-17(16)21-2/h5-11,15H,4,12-13,20H2,1-3H3. The fraction of sp³-hybridized carbons (Fsp3) is 0.368. The van der Waals surface area contributed by atoms with Crippen molar-refractivity contribution in [3.63, 3.8) is 0 Å². The first-order chi connectivity index (χ1) is 11.2. The first-order valence-electron chi connectivity index (χ1n) is 7.86. The van der Waals surface area contributed by atoms with Gasteiger partial charge in [0.1, 0.15) is 5.75 Å². The summed E-state index contributed by atoms with van der Waals surface area (Å²) in [5.41, 5.74) is 8.23. The van der Waals surface area contributed by atoms with E-state index in [9.17, 15) is 0 Å². The highest BCUT2D eigenvalue weighted by atomic mass is 16.5. The maximum atomic E-state index is 6.04. The van der Waals surface area contributed by atoms with Gasteiger partial charge in [-0.15, -0.1) is 0 Å². The van der Waals surface area contributed by atoms with E-state index < -0.39 is 0 Å². The highest BCUT2D eigenvalue weighted by Crippen LogP contribution is 2.36. The van der Waals surface area contributed by atoms with Crippen molar-refractivity contribution in [2.45, 2.75) is 19.3 Å². The number of methoxy groups -OCH3 is 2. The molecule has 0 spiro atoms. The lowest BCUT2D eigenvalue weighted by atomic mass is 9.91. The summed E-state index contributed by atoms with van der Waals surface area (Å²) in [6.07, 6.45) is 0.765. The molecule has 2 aromatic carbocycles. The van der Waals surface area contributed by atoms with Gasteiger partial charge in [-0.05, 0) is 43.1 Å². The van der Waals surface area contributed by atoms with E-state index in [0.29, 0.717) is 13.2 Å². The Morgan fingerprint density at radius 3 is 2.35 bits per heavy atom. The number of para-hydroxylation sites is 2. The number of rotatable bonds is 8. The summed E-state index contributed by atoms with van der Waals surface area (Å²) in [6.45, 7) is 3.10. The number of ether oxygens (including phenoxy) is 3. The van der Waals surface area contributed by atoms with E-state index >= 15 is 0 Å². The van der Waals surface area contributed by atoms with Crippen molar-refractivity contribution >= 4 is 0 Å². The number of benzene rings is 2. The molecule has 0 amide bonds. The van der Waals surface area contributed by atoms with E-state index in [1.165, 1.54) is 0 Å². The van der Waals surface area contributed by atoms with Gasteiger partial charge in [0.15, 0.2) is 11.5 Å². The second-order valence-electron chi connectivity index (χ2n) is 5.26. The van der Waals surface area contributed by atoms with Gasteiger partial charge in [-0.1, -0.05) is 30.3 Å². The summed E-state index contributed by atoms with van der Waals surface area (Å²) >= 11 is 0. The predicted octanol–water partition coefficient (Wildman–Crippen LogP) is 3.39. The molecule has 4 nitrogen and oxygen atoms in total. The van der Waals surface area contributed by atoms with E-state index in [4.69, 9.17) is 19.9 Å². The maximum Gasteiger partial charge on any atom is 0.163 e. The molecule has 0 radical (unpaired) electrons. The summed E-state index contributed by atoms with van der Waals surface area (Å²) < 4.78 is 16.7. The molecule has 2 aromatic rings. The fourth-order valence-electron chi connectivity index (χ4n) is 2.81. The van der Waals surface area contributed by atoms with Gasteiger partial charge >= 0.3 is 0 Å². The monoisotopic (exact) mass is 315 g/mol. The second-order valence-corrected chi connectivity index (χ2v) is 5.26. The predicted molar refractivity (Wildman–Crippen MR) is 92.7 cm³/mol. The van der Waals surface area contributed by atoms with Crippen molar-refractivity contribution in [2.75, 3.05) is 27.4 Å². The lowest BCUT2D eigenvalue weighted by molar-refractivity contribution is 0.308. The summed E-state index contributed by atoms with van der Waals surface area (Å²) in [4.78, 5) is 0. The molecule has 2 N–H and O–H groups in total. The molecule has 0 aromatic heterocycles. The summed E-state index contributed by atoms with van der Waals surface area (Å²) in [6, 6.07) is 14.0. The maximum absolute atomic E-state index is 6.04. The Balaban J connectivity index is 2.34. The Kier molecular flexibility index (Phi) is 6.29. The lowest BCUT2D eigenvalue weighted by Crippen LogP contribution is -2.16. The molecule has 0 heterocycles. The second kappa shape index (κ2) is 8.44. The van der Waals surface area contributed by atoms with Gasteiger partial charge in [0, 0.05) is 5.92 Å². The zero-order valence-electron chi connectivity index (χ0n) is 14.0. The van der Waals surface area contributed by atoms with Crippen molar-refractivity contribution in [3.8, 4) is 17.2 Å². The first-order valence-corrected chi connectivity index (χ1v) is 7.86. The minimum Gasteiger partial charge on any atom is -0.496 e. The molecule has 0 saturated heterocycles. The third kappa shape index (κ3) is 3.96. The topological polar surface area (TPSA) is 53.7 Å². The number of hydrogen-bond donors (Lipinski definition) is 1. The summed E-state index contributed by atoms with van der Waals surface area (Å²) in [7, 11) is 3.35. The van der Waals surface area contributed by atoms with Crippen molar-refractivity contribution in [1.82, 2.24) is 0 Å². The van der Waals surface area contributed by atoms with Crippen molar-refractivity contribution in [3.05, 3.63) is 53.6 Å². The van der Waals surface area contributed by atoms with Crippen molar-refractivity contribution in [2.24, 2.45) is 5.73 Å². The van der Waals surface area contributed by atoms with E-state index in [0.717, 1.165) is 34.8 Å². The highest BCUT2D eigenvalue weighted by molar-refractivity contribution is 5.48. The molecule has 2 rings (SSSR count). The van der Waals surface area contributed by atoms with E-state index in [1.54, 1.807) is 14.2 Å². The van der Waals surface area contributed by atoms with Gasteiger partial charge < -0.3 is 19.9 Å². The Bertz CT molecular complexity index is 628. The van der Waals surface area contributed by atoms with E-state index in [-0.39, 0.29) is 5.92 Å². The molecular formula is C19H25NO3. The van der Waals surface area contributed by atoms with Crippen LogP contribution >= 0.6 is 0 Å². The summed E-state index contributed by atoms with van der Waals surface area (Å²) in [5, 5.41) is 0. The van der Waals surface area contributed by atoms with Crippen LogP contribution < -0.4 is 19.9 Å². The normalized spacial score (nSPS) is 11.8. The van der Waals surface area contributed by atoms with E-state index in [1.807, 2.05) is 37.3 Å². The molecule has 0 fully saturated rings. The zero-order chi connectivity index (χ0) is 16.7. The Hall–Kier alpha value is -2.20. The summed E-state index contributed by atoms with van der Waals surface area (Å²) in [5.74, 6) is 2.56. The van der Waals surface area contributed by atoms with Crippen LogP contribution in [0.3, 0.4) is 0 Å². The van der Waals surface area contributed by atoms with Gasteiger partial charge in [-0.2, -0.15) is 0 Å². The number of hydrogen-bond acceptors (Lipinski definition) is 4. The van der Waals surface area contributed by atoms with Gasteiger partial charge in [-0.3, -0.25) is 0 Å². The zero-order valence-corrected chi connectivity index (χ0v) is 14.0.